The van der Waals surface area contributed by atoms with Crippen molar-refractivity contribution in [1.29, 1.82) is 0 Å². The topological polar surface area (TPSA) is 41.5 Å². The van der Waals surface area contributed by atoms with E-state index in [4.69, 9.17) is 9.84 Å². The number of aliphatic hydroxyl groups excluding tert-OH is 1. The number of rotatable bonds is 6. The summed E-state index contributed by atoms with van der Waals surface area (Å²) >= 11 is 0. The zero-order valence-electron chi connectivity index (χ0n) is 9.33. The van der Waals surface area contributed by atoms with Crippen molar-refractivity contribution >= 4 is 0 Å². The van der Waals surface area contributed by atoms with E-state index in [1.165, 1.54) is 6.42 Å². The van der Waals surface area contributed by atoms with E-state index in [0.717, 1.165) is 26.1 Å². The van der Waals surface area contributed by atoms with Gasteiger partial charge in [-0.05, 0) is 39.0 Å². The lowest BCUT2D eigenvalue weighted by molar-refractivity contribution is 0.176. The minimum Gasteiger partial charge on any atom is -0.396 e. The van der Waals surface area contributed by atoms with Gasteiger partial charge >= 0.3 is 0 Å². The van der Waals surface area contributed by atoms with Crippen LogP contribution < -0.4 is 5.32 Å². The van der Waals surface area contributed by atoms with Gasteiger partial charge in [0.15, 0.2) is 0 Å². The van der Waals surface area contributed by atoms with Crippen molar-refractivity contribution in [2.24, 2.45) is 5.92 Å². The molecule has 1 fully saturated rings. The van der Waals surface area contributed by atoms with Crippen molar-refractivity contribution in [3.63, 3.8) is 0 Å². The van der Waals surface area contributed by atoms with E-state index in [-0.39, 0.29) is 0 Å². The Morgan fingerprint density at radius 3 is 2.86 bits per heavy atom. The SMILES string of the molecule is CC(CCCO)NC(C)C1CCOC1. The Balaban J connectivity index is 2.14. The molecule has 1 aliphatic heterocycles. The van der Waals surface area contributed by atoms with E-state index in [1.807, 2.05) is 0 Å². The van der Waals surface area contributed by atoms with Crippen LogP contribution in [0.5, 0.6) is 0 Å². The van der Waals surface area contributed by atoms with Gasteiger partial charge in [-0.25, -0.2) is 0 Å². The molecule has 1 heterocycles. The molecule has 1 saturated heterocycles. The summed E-state index contributed by atoms with van der Waals surface area (Å²) in [6.45, 7) is 6.53. The van der Waals surface area contributed by atoms with Crippen molar-refractivity contribution in [1.82, 2.24) is 5.32 Å². The maximum atomic E-state index is 8.71. The number of ether oxygens (including phenoxy) is 1. The summed E-state index contributed by atoms with van der Waals surface area (Å²) in [5.74, 6) is 0.673. The highest BCUT2D eigenvalue weighted by atomic mass is 16.5. The van der Waals surface area contributed by atoms with Crippen LogP contribution in [0, 0.1) is 5.92 Å². The molecule has 0 aromatic carbocycles. The van der Waals surface area contributed by atoms with Gasteiger partial charge in [0.05, 0.1) is 6.61 Å². The second-order valence-corrected chi connectivity index (χ2v) is 4.35. The molecule has 1 aliphatic rings. The van der Waals surface area contributed by atoms with Crippen LogP contribution in [0.3, 0.4) is 0 Å². The highest BCUT2D eigenvalue weighted by Crippen LogP contribution is 2.17. The minimum absolute atomic E-state index is 0.299. The molecule has 3 nitrogen and oxygen atoms in total. The van der Waals surface area contributed by atoms with Crippen LogP contribution in [-0.4, -0.2) is 37.0 Å². The van der Waals surface area contributed by atoms with Crippen LogP contribution in [0.2, 0.25) is 0 Å². The molecule has 0 saturated carbocycles. The lowest BCUT2D eigenvalue weighted by Crippen LogP contribution is -2.39. The van der Waals surface area contributed by atoms with E-state index in [1.54, 1.807) is 0 Å². The number of hydrogen-bond acceptors (Lipinski definition) is 3. The number of hydrogen-bond donors (Lipinski definition) is 2. The predicted molar refractivity (Wildman–Crippen MR) is 57.3 cm³/mol. The predicted octanol–water partition coefficient (Wildman–Crippen LogP) is 1.16. The zero-order chi connectivity index (χ0) is 10.4. The summed E-state index contributed by atoms with van der Waals surface area (Å²) in [6, 6.07) is 1.03. The van der Waals surface area contributed by atoms with Gasteiger partial charge in [0.1, 0.15) is 0 Å². The molecule has 1 rings (SSSR count). The number of nitrogens with one attached hydrogen (secondary N) is 1. The fraction of sp³-hybridized carbons (Fsp3) is 1.00. The van der Waals surface area contributed by atoms with Gasteiger partial charge in [0.2, 0.25) is 0 Å². The first-order valence-electron chi connectivity index (χ1n) is 5.68. The molecule has 0 aromatic heterocycles. The third-order valence-corrected chi connectivity index (χ3v) is 3.01. The molecule has 0 aliphatic carbocycles. The maximum absolute atomic E-state index is 8.71. The average molecular weight is 201 g/mol. The highest BCUT2D eigenvalue weighted by Gasteiger charge is 2.22. The van der Waals surface area contributed by atoms with Crippen molar-refractivity contribution in [3.8, 4) is 0 Å². The lowest BCUT2D eigenvalue weighted by Gasteiger charge is -2.23. The van der Waals surface area contributed by atoms with Crippen molar-refractivity contribution in [3.05, 3.63) is 0 Å². The normalized spacial score (nSPS) is 26.4. The van der Waals surface area contributed by atoms with Crippen molar-refractivity contribution < 1.29 is 9.84 Å². The first kappa shape index (κ1) is 12.0. The number of aliphatic hydroxyl groups is 1. The summed E-state index contributed by atoms with van der Waals surface area (Å²) in [5.41, 5.74) is 0. The van der Waals surface area contributed by atoms with Gasteiger partial charge in [0, 0.05) is 25.3 Å². The van der Waals surface area contributed by atoms with E-state index < -0.39 is 0 Å². The summed E-state index contributed by atoms with van der Waals surface area (Å²) in [4.78, 5) is 0. The van der Waals surface area contributed by atoms with Crippen LogP contribution in [0.4, 0.5) is 0 Å². The van der Waals surface area contributed by atoms with Crippen LogP contribution >= 0.6 is 0 Å². The molecule has 0 bridgehead atoms. The Morgan fingerprint density at radius 2 is 2.29 bits per heavy atom. The third kappa shape index (κ3) is 3.95. The second kappa shape index (κ2) is 6.38. The molecular formula is C11H23NO2. The van der Waals surface area contributed by atoms with Gasteiger partial charge in [-0.3, -0.25) is 0 Å². The minimum atomic E-state index is 0.299. The fourth-order valence-corrected chi connectivity index (χ4v) is 2.01. The van der Waals surface area contributed by atoms with E-state index >= 15 is 0 Å². The molecule has 0 amide bonds. The van der Waals surface area contributed by atoms with Gasteiger partial charge in [-0.2, -0.15) is 0 Å². The molecule has 0 spiro atoms. The summed E-state index contributed by atoms with van der Waals surface area (Å²) in [7, 11) is 0. The first-order chi connectivity index (χ1) is 6.74. The Morgan fingerprint density at radius 1 is 1.50 bits per heavy atom. The molecule has 3 atom stereocenters. The second-order valence-electron chi connectivity index (χ2n) is 4.35. The fourth-order valence-electron chi connectivity index (χ4n) is 2.01. The van der Waals surface area contributed by atoms with Crippen molar-refractivity contribution in [2.75, 3.05) is 19.8 Å². The summed E-state index contributed by atoms with van der Waals surface area (Å²) in [6.07, 6.45) is 3.12. The zero-order valence-corrected chi connectivity index (χ0v) is 9.33. The standard InChI is InChI=1S/C11H23NO2/c1-9(4-3-6-13)12-10(2)11-5-7-14-8-11/h9-13H,3-8H2,1-2H3. The average Bonchev–Trinajstić information content (AvgIpc) is 2.67. The van der Waals surface area contributed by atoms with Gasteiger partial charge in [-0.15, -0.1) is 0 Å². The van der Waals surface area contributed by atoms with Crippen LogP contribution in [0.1, 0.15) is 33.1 Å². The van der Waals surface area contributed by atoms with E-state index in [9.17, 15) is 0 Å². The quantitative estimate of drug-likeness (QED) is 0.677. The van der Waals surface area contributed by atoms with Gasteiger partial charge in [-0.1, -0.05) is 0 Å². The Bertz CT molecular complexity index is 146. The van der Waals surface area contributed by atoms with Crippen molar-refractivity contribution in [2.45, 2.75) is 45.2 Å². The smallest absolute Gasteiger partial charge is 0.0509 e. The van der Waals surface area contributed by atoms with Gasteiger partial charge < -0.3 is 15.2 Å². The molecular weight excluding hydrogens is 178 g/mol. The molecule has 2 N–H and O–H groups in total. The first-order valence-corrected chi connectivity index (χ1v) is 5.68. The molecule has 0 aromatic rings. The van der Waals surface area contributed by atoms with Crippen LogP contribution in [-0.2, 0) is 4.74 Å². The Kier molecular flexibility index (Phi) is 5.45. The largest absolute Gasteiger partial charge is 0.396 e. The monoisotopic (exact) mass is 201 g/mol. The Labute approximate surface area is 86.8 Å². The van der Waals surface area contributed by atoms with E-state index in [0.29, 0.717) is 24.6 Å². The van der Waals surface area contributed by atoms with Crippen LogP contribution in [0.25, 0.3) is 0 Å². The summed E-state index contributed by atoms with van der Waals surface area (Å²) < 4.78 is 5.36. The molecule has 3 unspecified atom stereocenters. The summed E-state index contributed by atoms with van der Waals surface area (Å²) in [5, 5.41) is 12.3. The van der Waals surface area contributed by atoms with E-state index in [2.05, 4.69) is 19.2 Å². The lowest BCUT2D eigenvalue weighted by atomic mass is 9.99. The van der Waals surface area contributed by atoms with Crippen LogP contribution in [0.15, 0.2) is 0 Å². The third-order valence-electron chi connectivity index (χ3n) is 3.01. The maximum Gasteiger partial charge on any atom is 0.0509 e. The molecule has 84 valence electrons. The molecule has 0 radical (unpaired) electrons. The molecule has 3 heteroatoms. The molecule has 14 heavy (non-hydrogen) atoms. The Hall–Kier alpha value is -0.120. The van der Waals surface area contributed by atoms with Gasteiger partial charge in [0.25, 0.3) is 0 Å². The highest BCUT2D eigenvalue weighted by molar-refractivity contribution is 4.77.